The Morgan fingerprint density at radius 2 is 1.74 bits per heavy atom. The minimum atomic E-state index is 0.319. The quantitative estimate of drug-likeness (QED) is 0.905. The largest absolute Gasteiger partial charge is 0.330 e. The molecule has 0 aliphatic heterocycles. The molecule has 4 aliphatic carbocycles. The first-order valence-electron chi connectivity index (χ1n) is 7.80. The molecular formula is C16H23N3. The maximum Gasteiger partial charge on any atom is 0.134 e. The molecule has 5 rings (SSSR count). The van der Waals surface area contributed by atoms with Gasteiger partial charge in [0.05, 0.1) is 0 Å². The minimum absolute atomic E-state index is 0.319. The molecule has 2 N–H and O–H groups in total. The molecule has 3 nitrogen and oxygen atoms in total. The zero-order valence-corrected chi connectivity index (χ0v) is 11.5. The van der Waals surface area contributed by atoms with Crippen molar-refractivity contribution in [3.8, 4) is 0 Å². The Morgan fingerprint density at radius 1 is 1.11 bits per heavy atom. The van der Waals surface area contributed by atoms with Crippen molar-refractivity contribution in [3.05, 3.63) is 23.8 Å². The molecule has 4 saturated carbocycles. The summed E-state index contributed by atoms with van der Waals surface area (Å²) in [5.41, 5.74) is 7.10. The molecule has 4 fully saturated rings. The molecule has 1 aromatic heterocycles. The van der Waals surface area contributed by atoms with E-state index in [0.29, 0.717) is 12.0 Å². The smallest absolute Gasteiger partial charge is 0.134 e. The highest BCUT2D eigenvalue weighted by Crippen LogP contribution is 2.60. The summed E-state index contributed by atoms with van der Waals surface area (Å²) in [6.07, 6.45) is 11.3. The first-order chi connectivity index (χ1) is 9.27. The van der Waals surface area contributed by atoms with Crippen LogP contribution < -0.4 is 5.73 Å². The van der Waals surface area contributed by atoms with Crippen molar-refractivity contribution in [2.24, 2.45) is 23.5 Å². The van der Waals surface area contributed by atoms with Gasteiger partial charge in [-0.15, -0.1) is 0 Å². The third-order valence-electron chi connectivity index (χ3n) is 5.63. The van der Waals surface area contributed by atoms with Crippen LogP contribution in [0.3, 0.4) is 0 Å². The lowest BCUT2D eigenvalue weighted by Gasteiger charge is -2.56. The molecule has 4 bridgehead atoms. The van der Waals surface area contributed by atoms with Gasteiger partial charge < -0.3 is 5.73 Å². The number of aromatic nitrogens is 2. The zero-order chi connectivity index (χ0) is 12.9. The zero-order valence-electron chi connectivity index (χ0n) is 11.5. The first kappa shape index (κ1) is 11.8. The van der Waals surface area contributed by atoms with Crippen LogP contribution in [0.1, 0.15) is 50.0 Å². The Balaban J connectivity index is 1.69. The van der Waals surface area contributed by atoms with Gasteiger partial charge in [0.1, 0.15) is 5.82 Å². The Bertz CT molecular complexity index is 447. The molecule has 0 saturated heterocycles. The predicted molar refractivity (Wildman–Crippen MR) is 74.6 cm³/mol. The average molecular weight is 257 g/mol. The van der Waals surface area contributed by atoms with Crippen molar-refractivity contribution in [2.75, 3.05) is 6.54 Å². The van der Waals surface area contributed by atoms with Gasteiger partial charge >= 0.3 is 0 Å². The van der Waals surface area contributed by atoms with Gasteiger partial charge in [-0.2, -0.15) is 0 Å². The highest BCUT2D eigenvalue weighted by atomic mass is 14.9. The average Bonchev–Trinajstić information content (AvgIpc) is 2.38. The molecule has 0 spiro atoms. The number of nitrogens with zero attached hydrogens (tertiary/aromatic N) is 2. The van der Waals surface area contributed by atoms with E-state index < -0.39 is 0 Å². The van der Waals surface area contributed by atoms with Crippen molar-refractivity contribution in [1.29, 1.82) is 0 Å². The summed E-state index contributed by atoms with van der Waals surface area (Å²) in [4.78, 5) is 9.52. The fraction of sp³-hybridized carbons (Fsp3) is 0.750. The molecule has 0 unspecified atom stereocenters. The summed E-state index contributed by atoms with van der Waals surface area (Å²) in [5.74, 6) is 3.99. The molecule has 1 heterocycles. The second-order valence-corrected chi connectivity index (χ2v) is 7.11. The summed E-state index contributed by atoms with van der Waals surface area (Å²) in [5, 5.41) is 0. The molecule has 0 aromatic carbocycles. The summed E-state index contributed by atoms with van der Waals surface area (Å²) in [7, 11) is 0. The highest BCUT2D eigenvalue weighted by molar-refractivity contribution is 5.19. The molecule has 3 heteroatoms. The molecule has 0 atom stereocenters. The van der Waals surface area contributed by atoms with Crippen LogP contribution in [0, 0.1) is 17.8 Å². The molecule has 19 heavy (non-hydrogen) atoms. The maximum absolute atomic E-state index is 5.66. The summed E-state index contributed by atoms with van der Waals surface area (Å²) < 4.78 is 0. The number of hydrogen-bond acceptors (Lipinski definition) is 3. The van der Waals surface area contributed by atoms with Crippen LogP contribution >= 0.6 is 0 Å². The van der Waals surface area contributed by atoms with Crippen LogP contribution in [-0.4, -0.2) is 16.5 Å². The van der Waals surface area contributed by atoms with Gasteiger partial charge in [0.15, 0.2) is 0 Å². The Hall–Kier alpha value is -0.960. The van der Waals surface area contributed by atoms with Crippen molar-refractivity contribution < 1.29 is 0 Å². The van der Waals surface area contributed by atoms with Crippen LogP contribution in [0.25, 0.3) is 0 Å². The SMILES string of the molecule is NCCc1ccnc(C23CC4CC(CC(C4)C2)C3)n1. The van der Waals surface area contributed by atoms with Gasteiger partial charge in [-0.3, -0.25) is 0 Å². The van der Waals surface area contributed by atoms with E-state index in [1.807, 2.05) is 12.3 Å². The lowest BCUT2D eigenvalue weighted by Crippen LogP contribution is -2.49. The van der Waals surface area contributed by atoms with Gasteiger partial charge in [-0.25, -0.2) is 9.97 Å². The third-order valence-corrected chi connectivity index (χ3v) is 5.63. The van der Waals surface area contributed by atoms with Gasteiger partial charge in [0.25, 0.3) is 0 Å². The lowest BCUT2D eigenvalue weighted by atomic mass is 9.49. The minimum Gasteiger partial charge on any atom is -0.330 e. The topological polar surface area (TPSA) is 51.8 Å². The van der Waals surface area contributed by atoms with Crippen LogP contribution in [0.15, 0.2) is 12.3 Å². The molecule has 4 aliphatic rings. The Morgan fingerprint density at radius 3 is 2.32 bits per heavy atom. The van der Waals surface area contributed by atoms with Crippen molar-refractivity contribution in [1.82, 2.24) is 9.97 Å². The van der Waals surface area contributed by atoms with Crippen molar-refractivity contribution in [3.63, 3.8) is 0 Å². The molecule has 102 valence electrons. The van der Waals surface area contributed by atoms with E-state index in [1.165, 1.54) is 38.5 Å². The van der Waals surface area contributed by atoms with E-state index >= 15 is 0 Å². The highest BCUT2D eigenvalue weighted by Gasteiger charge is 2.53. The first-order valence-corrected chi connectivity index (χ1v) is 7.80. The molecule has 1 aromatic rings. The van der Waals surface area contributed by atoms with Crippen molar-refractivity contribution in [2.45, 2.75) is 50.4 Å². The fourth-order valence-corrected chi connectivity index (χ4v) is 5.32. The van der Waals surface area contributed by atoms with Crippen molar-refractivity contribution >= 4 is 0 Å². The van der Waals surface area contributed by atoms with Gasteiger partial charge in [0, 0.05) is 23.7 Å². The van der Waals surface area contributed by atoms with Crippen LogP contribution in [0.4, 0.5) is 0 Å². The predicted octanol–water partition coefficient (Wildman–Crippen LogP) is 2.45. The van der Waals surface area contributed by atoms with E-state index in [0.717, 1.165) is 35.7 Å². The number of rotatable bonds is 3. The molecule has 0 amide bonds. The lowest BCUT2D eigenvalue weighted by molar-refractivity contribution is -0.00949. The van der Waals surface area contributed by atoms with Gasteiger partial charge in [0.2, 0.25) is 0 Å². The van der Waals surface area contributed by atoms with Crippen LogP contribution in [0.2, 0.25) is 0 Å². The molecule has 0 radical (unpaired) electrons. The van der Waals surface area contributed by atoms with Crippen LogP contribution in [0.5, 0.6) is 0 Å². The Labute approximate surface area is 115 Å². The van der Waals surface area contributed by atoms with E-state index in [2.05, 4.69) is 4.98 Å². The molecular weight excluding hydrogens is 234 g/mol. The monoisotopic (exact) mass is 257 g/mol. The van der Waals surface area contributed by atoms with Crippen LogP contribution in [-0.2, 0) is 11.8 Å². The van der Waals surface area contributed by atoms with Gasteiger partial charge in [-0.1, -0.05) is 0 Å². The summed E-state index contributed by atoms with van der Waals surface area (Å²) in [6, 6.07) is 2.02. The Kier molecular flexibility index (Phi) is 2.66. The second kappa shape index (κ2) is 4.27. The summed E-state index contributed by atoms with van der Waals surface area (Å²) in [6.45, 7) is 0.678. The van der Waals surface area contributed by atoms with E-state index in [4.69, 9.17) is 10.7 Å². The summed E-state index contributed by atoms with van der Waals surface area (Å²) >= 11 is 0. The fourth-order valence-electron chi connectivity index (χ4n) is 5.32. The standard InChI is InChI=1S/C16H23N3/c17-3-1-14-2-4-18-15(19-14)16-8-11-5-12(9-16)7-13(6-11)10-16/h2,4,11-13H,1,3,5-10,17H2. The van der Waals surface area contributed by atoms with E-state index in [9.17, 15) is 0 Å². The van der Waals surface area contributed by atoms with E-state index in [-0.39, 0.29) is 0 Å². The van der Waals surface area contributed by atoms with E-state index in [1.54, 1.807) is 0 Å². The van der Waals surface area contributed by atoms with Gasteiger partial charge in [-0.05, 0) is 68.9 Å². The number of nitrogens with two attached hydrogens (primary N) is 1. The third kappa shape index (κ3) is 1.90. The normalized spacial score (nSPS) is 39.7. The second-order valence-electron chi connectivity index (χ2n) is 7.11. The maximum atomic E-state index is 5.66. The number of hydrogen-bond donors (Lipinski definition) is 1.